The van der Waals surface area contributed by atoms with Gasteiger partial charge in [0.1, 0.15) is 0 Å². The summed E-state index contributed by atoms with van der Waals surface area (Å²) in [5, 5.41) is 3.61. The normalized spacial score (nSPS) is 15.7. The number of hydrogen-bond acceptors (Lipinski definition) is 2. The highest BCUT2D eigenvalue weighted by Gasteiger charge is 2.20. The molecule has 0 saturated heterocycles. The van der Waals surface area contributed by atoms with Gasteiger partial charge < -0.3 is 4.98 Å². The molecular weight excluding hydrogens is 264 g/mol. The molecule has 4 rings (SSSR count). The predicted molar refractivity (Wildman–Crippen MR) is 85.2 cm³/mol. The van der Waals surface area contributed by atoms with Crippen molar-refractivity contribution < 1.29 is 0 Å². The summed E-state index contributed by atoms with van der Waals surface area (Å²) in [5.74, 6) is 0. The number of aryl methyl sites for hydroxylation is 1. The van der Waals surface area contributed by atoms with Gasteiger partial charge in [-0.1, -0.05) is 18.2 Å². The molecular formula is C17H18N2S. The molecule has 3 aromatic rings. The lowest BCUT2D eigenvalue weighted by Crippen LogP contribution is -2.29. The van der Waals surface area contributed by atoms with Crippen molar-refractivity contribution in [2.75, 3.05) is 6.54 Å². The van der Waals surface area contributed by atoms with Crippen LogP contribution in [-0.2, 0) is 19.5 Å². The number of thiophene rings is 1. The minimum absolute atomic E-state index is 1.04. The third kappa shape index (κ3) is 1.98. The zero-order valence-electron chi connectivity index (χ0n) is 11.6. The Balaban J connectivity index is 1.62. The Labute approximate surface area is 123 Å². The fraction of sp³-hybridized carbons (Fsp3) is 0.294. The number of aromatic nitrogens is 1. The fourth-order valence-electron chi connectivity index (χ4n) is 3.15. The first-order valence-electron chi connectivity index (χ1n) is 7.15. The molecule has 102 valence electrons. The maximum atomic E-state index is 3.60. The summed E-state index contributed by atoms with van der Waals surface area (Å²) in [7, 11) is 0. The number of nitrogens with one attached hydrogen (secondary N) is 1. The average molecular weight is 282 g/mol. The molecule has 3 heteroatoms. The lowest BCUT2D eigenvalue weighted by atomic mass is 10.0. The SMILES string of the molecule is Cc1ccsc1CN1CCc2c([nH]c3ccccc23)C1. The molecule has 0 amide bonds. The largest absolute Gasteiger partial charge is 0.357 e. The van der Waals surface area contributed by atoms with Gasteiger partial charge in [0, 0.05) is 41.1 Å². The van der Waals surface area contributed by atoms with Gasteiger partial charge in [-0.2, -0.15) is 0 Å². The van der Waals surface area contributed by atoms with E-state index in [9.17, 15) is 0 Å². The summed E-state index contributed by atoms with van der Waals surface area (Å²) in [4.78, 5) is 7.66. The van der Waals surface area contributed by atoms with E-state index in [2.05, 4.69) is 52.5 Å². The van der Waals surface area contributed by atoms with Gasteiger partial charge in [0.05, 0.1) is 0 Å². The van der Waals surface area contributed by atoms with Gasteiger partial charge in [0.25, 0.3) is 0 Å². The summed E-state index contributed by atoms with van der Waals surface area (Å²) in [6.07, 6.45) is 1.16. The average Bonchev–Trinajstić information content (AvgIpc) is 3.02. The van der Waals surface area contributed by atoms with Crippen molar-refractivity contribution in [2.24, 2.45) is 0 Å². The minimum Gasteiger partial charge on any atom is -0.357 e. The molecule has 0 spiro atoms. The molecule has 0 saturated carbocycles. The molecule has 0 atom stereocenters. The van der Waals surface area contributed by atoms with E-state index in [0.717, 1.165) is 26.1 Å². The van der Waals surface area contributed by atoms with Crippen LogP contribution < -0.4 is 0 Å². The van der Waals surface area contributed by atoms with E-state index in [0.29, 0.717) is 0 Å². The number of H-pyrrole nitrogens is 1. The molecule has 2 aromatic heterocycles. The van der Waals surface area contributed by atoms with E-state index in [1.807, 2.05) is 11.3 Å². The number of hydrogen-bond donors (Lipinski definition) is 1. The Morgan fingerprint density at radius 3 is 3.00 bits per heavy atom. The predicted octanol–water partition coefficient (Wildman–Crippen LogP) is 4.10. The third-order valence-corrected chi connectivity index (χ3v) is 5.30. The van der Waals surface area contributed by atoms with Crippen LogP contribution in [0.4, 0.5) is 0 Å². The molecule has 0 unspecified atom stereocenters. The summed E-state index contributed by atoms with van der Waals surface area (Å²) in [6.45, 7) is 5.50. The number of nitrogens with zero attached hydrogens (tertiary/aromatic N) is 1. The van der Waals surface area contributed by atoms with Crippen molar-refractivity contribution in [1.82, 2.24) is 9.88 Å². The van der Waals surface area contributed by atoms with Crippen molar-refractivity contribution in [3.05, 3.63) is 57.4 Å². The zero-order chi connectivity index (χ0) is 13.5. The Morgan fingerprint density at radius 2 is 2.15 bits per heavy atom. The molecule has 0 radical (unpaired) electrons. The van der Waals surface area contributed by atoms with Crippen LogP contribution in [0.15, 0.2) is 35.7 Å². The van der Waals surface area contributed by atoms with Crippen LogP contribution in [0.25, 0.3) is 10.9 Å². The number of para-hydroxylation sites is 1. The first-order chi connectivity index (χ1) is 9.81. The van der Waals surface area contributed by atoms with E-state index in [-0.39, 0.29) is 0 Å². The van der Waals surface area contributed by atoms with Crippen LogP contribution in [0.2, 0.25) is 0 Å². The Hall–Kier alpha value is -1.58. The van der Waals surface area contributed by atoms with E-state index in [1.165, 1.54) is 32.6 Å². The third-order valence-electron chi connectivity index (χ3n) is 4.30. The Morgan fingerprint density at radius 1 is 1.25 bits per heavy atom. The van der Waals surface area contributed by atoms with Crippen LogP contribution >= 0.6 is 11.3 Å². The highest BCUT2D eigenvalue weighted by molar-refractivity contribution is 7.10. The summed E-state index contributed by atoms with van der Waals surface area (Å²) in [6, 6.07) is 10.9. The molecule has 3 heterocycles. The number of benzene rings is 1. The van der Waals surface area contributed by atoms with Gasteiger partial charge >= 0.3 is 0 Å². The first-order valence-corrected chi connectivity index (χ1v) is 8.03. The zero-order valence-corrected chi connectivity index (χ0v) is 12.5. The van der Waals surface area contributed by atoms with Crippen LogP contribution in [-0.4, -0.2) is 16.4 Å². The second-order valence-electron chi connectivity index (χ2n) is 5.62. The fourth-order valence-corrected chi connectivity index (χ4v) is 4.10. The van der Waals surface area contributed by atoms with Gasteiger partial charge in [-0.15, -0.1) is 11.3 Å². The van der Waals surface area contributed by atoms with Crippen LogP contribution in [0, 0.1) is 6.92 Å². The lowest BCUT2D eigenvalue weighted by Gasteiger charge is -2.26. The summed E-state index contributed by atoms with van der Waals surface area (Å²) < 4.78 is 0. The molecule has 20 heavy (non-hydrogen) atoms. The smallest absolute Gasteiger partial charge is 0.0459 e. The monoisotopic (exact) mass is 282 g/mol. The van der Waals surface area contributed by atoms with E-state index in [1.54, 1.807) is 0 Å². The first kappa shape index (κ1) is 12.2. The van der Waals surface area contributed by atoms with Crippen LogP contribution in [0.5, 0.6) is 0 Å². The molecule has 1 aliphatic heterocycles. The number of aromatic amines is 1. The Bertz CT molecular complexity index is 753. The maximum absolute atomic E-state index is 3.60. The topological polar surface area (TPSA) is 19.0 Å². The minimum atomic E-state index is 1.04. The lowest BCUT2D eigenvalue weighted by molar-refractivity contribution is 0.245. The van der Waals surface area contributed by atoms with Crippen molar-refractivity contribution in [1.29, 1.82) is 0 Å². The van der Waals surface area contributed by atoms with E-state index in [4.69, 9.17) is 0 Å². The van der Waals surface area contributed by atoms with E-state index >= 15 is 0 Å². The summed E-state index contributed by atoms with van der Waals surface area (Å²) in [5.41, 5.74) is 5.65. The maximum Gasteiger partial charge on any atom is 0.0459 e. The molecule has 0 fully saturated rings. The molecule has 0 bridgehead atoms. The van der Waals surface area contributed by atoms with Crippen molar-refractivity contribution in [2.45, 2.75) is 26.4 Å². The van der Waals surface area contributed by atoms with Gasteiger partial charge in [0.15, 0.2) is 0 Å². The van der Waals surface area contributed by atoms with Gasteiger partial charge in [0.2, 0.25) is 0 Å². The molecule has 1 aliphatic rings. The van der Waals surface area contributed by atoms with Gasteiger partial charge in [-0.05, 0) is 42.0 Å². The van der Waals surface area contributed by atoms with Crippen molar-refractivity contribution in [3.8, 4) is 0 Å². The van der Waals surface area contributed by atoms with E-state index < -0.39 is 0 Å². The van der Waals surface area contributed by atoms with Gasteiger partial charge in [-0.3, -0.25) is 4.90 Å². The van der Waals surface area contributed by atoms with Crippen LogP contribution in [0.3, 0.4) is 0 Å². The Kier molecular flexibility index (Phi) is 2.90. The highest BCUT2D eigenvalue weighted by atomic mass is 32.1. The van der Waals surface area contributed by atoms with Crippen LogP contribution in [0.1, 0.15) is 21.7 Å². The second kappa shape index (κ2) is 4.76. The summed E-state index contributed by atoms with van der Waals surface area (Å²) >= 11 is 1.88. The molecule has 2 nitrogen and oxygen atoms in total. The number of rotatable bonds is 2. The van der Waals surface area contributed by atoms with Gasteiger partial charge in [-0.25, -0.2) is 0 Å². The van der Waals surface area contributed by atoms with Crippen molar-refractivity contribution in [3.63, 3.8) is 0 Å². The standard InChI is InChI=1S/C17H18N2S/c1-12-7-9-20-17(12)11-19-8-6-14-13-4-2-3-5-15(13)18-16(14)10-19/h2-5,7,9,18H,6,8,10-11H2,1H3. The van der Waals surface area contributed by atoms with Crippen molar-refractivity contribution >= 4 is 22.2 Å². The number of fused-ring (bicyclic) bond motifs is 3. The highest BCUT2D eigenvalue weighted by Crippen LogP contribution is 2.29. The molecule has 1 aromatic carbocycles. The molecule has 0 aliphatic carbocycles. The second-order valence-corrected chi connectivity index (χ2v) is 6.62. The quantitative estimate of drug-likeness (QED) is 0.750. The molecule has 1 N–H and O–H groups in total.